The van der Waals surface area contributed by atoms with Crippen molar-refractivity contribution >= 4 is 17.5 Å². The topological polar surface area (TPSA) is 29.5 Å². The summed E-state index contributed by atoms with van der Waals surface area (Å²) >= 11 is 5.44. The van der Waals surface area contributed by atoms with Gasteiger partial charge in [-0.25, -0.2) is 8.78 Å². The van der Waals surface area contributed by atoms with E-state index in [0.717, 1.165) is 6.07 Å². The van der Waals surface area contributed by atoms with E-state index in [0.29, 0.717) is 25.6 Å². The van der Waals surface area contributed by atoms with Gasteiger partial charge in [-0.3, -0.25) is 4.79 Å². The number of hydrogen-bond acceptors (Lipinski definition) is 2. The summed E-state index contributed by atoms with van der Waals surface area (Å²) in [6.45, 7) is 2.51. The number of likely N-dealkylation sites (N-methyl/N-ethyl adjacent to an activating group) is 1. The first kappa shape index (κ1) is 15.9. The predicted molar refractivity (Wildman–Crippen MR) is 69.6 cm³/mol. The van der Waals surface area contributed by atoms with Gasteiger partial charge in [0.2, 0.25) is 0 Å². The number of carbonyl (C=O) groups is 1. The lowest BCUT2D eigenvalue weighted by Gasteiger charge is -2.17. The molecule has 0 atom stereocenters. The number of nitrogens with zero attached hydrogens (tertiary/aromatic N) is 1. The van der Waals surface area contributed by atoms with Gasteiger partial charge in [-0.05, 0) is 18.6 Å². The molecule has 1 aromatic carbocycles. The maximum Gasteiger partial charge on any atom is 0.256 e. The number of aryl methyl sites for hydroxylation is 1. The zero-order valence-corrected chi connectivity index (χ0v) is 11.6. The molecule has 0 bridgehead atoms. The Morgan fingerprint density at radius 1 is 1.32 bits per heavy atom. The molecule has 0 fully saturated rings. The van der Waals surface area contributed by atoms with Crippen molar-refractivity contribution in [1.29, 1.82) is 0 Å². The first-order valence-electron chi connectivity index (χ1n) is 5.82. The second-order valence-electron chi connectivity index (χ2n) is 4.11. The third-order valence-corrected chi connectivity index (χ3v) is 2.77. The normalized spacial score (nSPS) is 10.6. The first-order valence-corrected chi connectivity index (χ1v) is 6.35. The number of halogens is 3. The largest absolute Gasteiger partial charge is 0.378 e. The van der Waals surface area contributed by atoms with Crippen LogP contribution in [0, 0.1) is 18.6 Å². The van der Waals surface area contributed by atoms with Crippen molar-refractivity contribution in [3.63, 3.8) is 0 Å². The molecule has 0 saturated heterocycles. The minimum atomic E-state index is -0.860. The minimum Gasteiger partial charge on any atom is -0.378 e. The van der Waals surface area contributed by atoms with E-state index >= 15 is 0 Å². The van der Waals surface area contributed by atoms with Gasteiger partial charge in [0.1, 0.15) is 11.6 Å². The fourth-order valence-corrected chi connectivity index (χ4v) is 1.60. The summed E-state index contributed by atoms with van der Waals surface area (Å²) in [5, 5.41) is 0. The molecule has 0 saturated carbocycles. The molecule has 0 heterocycles. The lowest BCUT2D eigenvalue weighted by molar-refractivity contribution is 0.0707. The van der Waals surface area contributed by atoms with Crippen LogP contribution in [0.4, 0.5) is 8.78 Å². The van der Waals surface area contributed by atoms with Crippen molar-refractivity contribution in [2.24, 2.45) is 0 Å². The molecule has 0 aliphatic carbocycles. The van der Waals surface area contributed by atoms with Gasteiger partial charge < -0.3 is 9.64 Å². The molecule has 3 nitrogen and oxygen atoms in total. The standard InChI is InChI=1S/C13H16ClF2NO2/c1-9-7-10(12(16)8-11(9)15)13(18)17(2)4-6-19-5-3-14/h7-8H,3-6H2,1-2H3. The Balaban J connectivity index is 2.69. The van der Waals surface area contributed by atoms with Gasteiger partial charge in [0.25, 0.3) is 5.91 Å². The van der Waals surface area contributed by atoms with E-state index in [1.54, 1.807) is 0 Å². The highest BCUT2D eigenvalue weighted by Crippen LogP contribution is 2.15. The van der Waals surface area contributed by atoms with Crippen LogP contribution in [-0.4, -0.2) is 43.5 Å². The molecule has 0 unspecified atom stereocenters. The molecule has 0 aliphatic heterocycles. The van der Waals surface area contributed by atoms with E-state index in [1.165, 1.54) is 24.9 Å². The van der Waals surface area contributed by atoms with Crippen LogP contribution in [0.15, 0.2) is 12.1 Å². The second kappa shape index (κ2) is 7.40. The molecule has 106 valence electrons. The highest BCUT2D eigenvalue weighted by atomic mass is 35.5. The Morgan fingerprint density at radius 3 is 2.63 bits per heavy atom. The third kappa shape index (κ3) is 4.44. The number of ether oxygens (including phenoxy) is 1. The number of rotatable bonds is 6. The lowest BCUT2D eigenvalue weighted by Crippen LogP contribution is -2.31. The maximum atomic E-state index is 13.5. The summed E-state index contributed by atoms with van der Waals surface area (Å²) in [6, 6.07) is 1.93. The maximum absolute atomic E-state index is 13.5. The van der Waals surface area contributed by atoms with Crippen LogP contribution in [0.3, 0.4) is 0 Å². The number of hydrogen-bond donors (Lipinski definition) is 0. The number of amides is 1. The van der Waals surface area contributed by atoms with Crippen molar-refractivity contribution in [3.8, 4) is 0 Å². The minimum absolute atomic E-state index is 0.140. The Morgan fingerprint density at radius 2 is 2.00 bits per heavy atom. The molecule has 6 heteroatoms. The first-order chi connectivity index (χ1) is 8.97. The van der Waals surface area contributed by atoms with Crippen LogP contribution >= 0.6 is 11.6 Å². The quantitative estimate of drug-likeness (QED) is 0.595. The summed E-state index contributed by atoms with van der Waals surface area (Å²) < 4.78 is 31.8. The van der Waals surface area contributed by atoms with Crippen molar-refractivity contribution in [2.75, 3.05) is 32.7 Å². The lowest BCUT2D eigenvalue weighted by atomic mass is 10.1. The predicted octanol–water partition coefficient (Wildman–Crippen LogP) is 2.60. The van der Waals surface area contributed by atoms with Crippen molar-refractivity contribution in [3.05, 3.63) is 34.9 Å². The molecule has 0 spiro atoms. The molecular formula is C13H16ClF2NO2. The van der Waals surface area contributed by atoms with E-state index in [9.17, 15) is 13.6 Å². The fraction of sp³-hybridized carbons (Fsp3) is 0.462. The van der Waals surface area contributed by atoms with Gasteiger partial charge in [0, 0.05) is 25.5 Å². The zero-order chi connectivity index (χ0) is 14.4. The molecule has 0 radical (unpaired) electrons. The zero-order valence-electron chi connectivity index (χ0n) is 10.9. The number of benzene rings is 1. The molecule has 1 amide bonds. The van der Waals surface area contributed by atoms with Crippen LogP contribution in [-0.2, 0) is 4.74 Å². The Hall–Kier alpha value is -1.20. The number of alkyl halides is 1. The van der Waals surface area contributed by atoms with Crippen molar-refractivity contribution < 1.29 is 18.3 Å². The van der Waals surface area contributed by atoms with Gasteiger partial charge in [0.05, 0.1) is 18.8 Å². The second-order valence-corrected chi connectivity index (χ2v) is 4.49. The van der Waals surface area contributed by atoms with Gasteiger partial charge in [0.15, 0.2) is 0 Å². The average molecular weight is 292 g/mol. The van der Waals surface area contributed by atoms with E-state index < -0.39 is 17.5 Å². The number of carbonyl (C=O) groups excluding carboxylic acids is 1. The molecule has 1 rings (SSSR count). The summed E-state index contributed by atoms with van der Waals surface area (Å²) in [5.41, 5.74) is 0.0929. The van der Waals surface area contributed by atoms with Gasteiger partial charge >= 0.3 is 0 Å². The molecular weight excluding hydrogens is 276 g/mol. The van der Waals surface area contributed by atoms with Crippen LogP contribution in [0.25, 0.3) is 0 Å². The Bertz CT molecular complexity index is 455. The van der Waals surface area contributed by atoms with Crippen LogP contribution in [0.1, 0.15) is 15.9 Å². The van der Waals surface area contributed by atoms with Gasteiger partial charge in [-0.1, -0.05) is 0 Å². The molecule has 19 heavy (non-hydrogen) atoms. The highest BCUT2D eigenvalue weighted by molar-refractivity contribution is 6.17. The fourth-order valence-electron chi connectivity index (χ4n) is 1.49. The van der Waals surface area contributed by atoms with Crippen molar-refractivity contribution in [1.82, 2.24) is 4.90 Å². The van der Waals surface area contributed by atoms with Crippen LogP contribution < -0.4 is 0 Å². The smallest absolute Gasteiger partial charge is 0.256 e. The van der Waals surface area contributed by atoms with Gasteiger partial charge in [-0.2, -0.15) is 0 Å². The summed E-state index contributed by atoms with van der Waals surface area (Å²) in [5.74, 6) is -1.65. The molecule has 0 N–H and O–H groups in total. The van der Waals surface area contributed by atoms with Crippen LogP contribution in [0.2, 0.25) is 0 Å². The Kier molecular flexibility index (Phi) is 6.18. The monoisotopic (exact) mass is 291 g/mol. The van der Waals surface area contributed by atoms with E-state index in [2.05, 4.69) is 0 Å². The highest BCUT2D eigenvalue weighted by Gasteiger charge is 2.17. The average Bonchev–Trinajstić information content (AvgIpc) is 2.38. The van der Waals surface area contributed by atoms with E-state index in [-0.39, 0.29) is 11.1 Å². The van der Waals surface area contributed by atoms with Crippen molar-refractivity contribution in [2.45, 2.75) is 6.92 Å². The van der Waals surface area contributed by atoms with E-state index in [4.69, 9.17) is 16.3 Å². The molecule has 1 aromatic rings. The SMILES string of the molecule is Cc1cc(C(=O)N(C)CCOCCCl)c(F)cc1F. The molecule has 0 aliphatic rings. The third-order valence-electron chi connectivity index (χ3n) is 2.62. The summed E-state index contributed by atoms with van der Waals surface area (Å²) in [7, 11) is 1.53. The molecule has 0 aromatic heterocycles. The van der Waals surface area contributed by atoms with E-state index in [1.807, 2.05) is 0 Å². The Labute approximate surface area is 116 Å². The van der Waals surface area contributed by atoms with Gasteiger partial charge in [-0.15, -0.1) is 11.6 Å². The van der Waals surface area contributed by atoms with Crippen LogP contribution in [0.5, 0.6) is 0 Å². The summed E-state index contributed by atoms with van der Waals surface area (Å²) in [4.78, 5) is 13.3. The summed E-state index contributed by atoms with van der Waals surface area (Å²) in [6.07, 6.45) is 0.